The third kappa shape index (κ3) is 4.35. The van der Waals surface area contributed by atoms with Crippen molar-refractivity contribution in [3.05, 3.63) is 48.8 Å². The molecule has 0 atom stereocenters. The van der Waals surface area contributed by atoms with Crippen LogP contribution in [0.2, 0.25) is 0 Å². The van der Waals surface area contributed by atoms with Crippen molar-refractivity contribution in [3.63, 3.8) is 0 Å². The molecule has 2 aromatic carbocycles. The van der Waals surface area contributed by atoms with E-state index in [0.717, 1.165) is 11.0 Å². The fourth-order valence-electron chi connectivity index (χ4n) is 2.57. The highest BCUT2D eigenvalue weighted by Gasteiger charge is 2.13. The van der Waals surface area contributed by atoms with Gasteiger partial charge in [-0.2, -0.15) is 0 Å². The summed E-state index contributed by atoms with van der Waals surface area (Å²) in [4.78, 5) is 28.3. The van der Waals surface area contributed by atoms with Crippen molar-refractivity contribution in [2.24, 2.45) is 0 Å². The van der Waals surface area contributed by atoms with Crippen LogP contribution in [-0.4, -0.2) is 42.3 Å². The average molecular weight is 369 g/mol. The maximum atomic E-state index is 12.1. The zero-order valence-electron chi connectivity index (χ0n) is 15.0. The molecule has 1 N–H and O–H groups in total. The minimum Gasteiger partial charge on any atom is -0.497 e. The Balaban J connectivity index is 1.57. The van der Waals surface area contributed by atoms with E-state index in [1.54, 1.807) is 29.1 Å². The maximum absolute atomic E-state index is 12.1. The van der Waals surface area contributed by atoms with Gasteiger partial charge in [0, 0.05) is 6.07 Å². The Morgan fingerprint density at radius 1 is 1.11 bits per heavy atom. The molecule has 27 heavy (non-hydrogen) atoms. The first-order chi connectivity index (χ1) is 13.1. The van der Waals surface area contributed by atoms with Gasteiger partial charge >= 0.3 is 5.97 Å². The number of para-hydroxylation sites is 2. The van der Waals surface area contributed by atoms with Crippen LogP contribution in [0.3, 0.4) is 0 Å². The molecule has 0 spiro atoms. The van der Waals surface area contributed by atoms with E-state index in [9.17, 15) is 9.59 Å². The lowest BCUT2D eigenvalue weighted by atomic mass is 10.2. The van der Waals surface area contributed by atoms with Crippen LogP contribution in [-0.2, 0) is 20.9 Å². The van der Waals surface area contributed by atoms with Crippen LogP contribution in [0.1, 0.15) is 0 Å². The molecule has 140 valence electrons. The Morgan fingerprint density at radius 2 is 1.93 bits per heavy atom. The van der Waals surface area contributed by atoms with Crippen molar-refractivity contribution < 1.29 is 23.8 Å². The van der Waals surface area contributed by atoms with Gasteiger partial charge in [-0.3, -0.25) is 9.59 Å². The number of nitrogens with one attached hydrogen (secondary N) is 1. The summed E-state index contributed by atoms with van der Waals surface area (Å²) >= 11 is 0. The second-order valence-corrected chi connectivity index (χ2v) is 5.64. The highest BCUT2D eigenvalue weighted by molar-refractivity contribution is 5.94. The molecule has 8 heteroatoms. The number of amides is 1. The SMILES string of the molecule is COc1ccc(OC)c(NC(=O)COC(=O)Cn2cnc3ccccc32)c1. The number of aromatic nitrogens is 2. The van der Waals surface area contributed by atoms with E-state index in [1.165, 1.54) is 14.2 Å². The summed E-state index contributed by atoms with van der Waals surface area (Å²) in [5.74, 6) is 0.0201. The zero-order chi connectivity index (χ0) is 19.2. The highest BCUT2D eigenvalue weighted by Crippen LogP contribution is 2.28. The van der Waals surface area contributed by atoms with Crippen LogP contribution in [0.15, 0.2) is 48.8 Å². The summed E-state index contributed by atoms with van der Waals surface area (Å²) in [6, 6.07) is 12.4. The number of hydrogen-bond donors (Lipinski definition) is 1. The Labute approximate surface area is 155 Å². The molecular formula is C19H19N3O5. The number of benzene rings is 2. The monoisotopic (exact) mass is 369 g/mol. The van der Waals surface area contributed by atoms with Crippen molar-refractivity contribution >= 4 is 28.6 Å². The first-order valence-corrected chi connectivity index (χ1v) is 8.18. The molecule has 3 aromatic rings. The molecule has 0 radical (unpaired) electrons. The van der Waals surface area contributed by atoms with Gasteiger partial charge in [0.2, 0.25) is 0 Å². The van der Waals surface area contributed by atoms with Crippen molar-refractivity contribution in [3.8, 4) is 11.5 Å². The first-order valence-electron chi connectivity index (χ1n) is 8.18. The molecule has 0 bridgehead atoms. The molecule has 8 nitrogen and oxygen atoms in total. The lowest BCUT2D eigenvalue weighted by Crippen LogP contribution is -2.23. The van der Waals surface area contributed by atoms with Crippen molar-refractivity contribution in [2.75, 3.05) is 26.1 Å². The van der Waals surface area contributed by atoms with E-state index < -0.39 is 18.5 Å². The van der Waals surface area contributed by atoms with E-state index in [2.05, 4.69) is 10.3 Å². The minimum absolute atomic E-state index is 0.0315. The molecular weight excluding hydrogens is 350 g/mol. The molecule has 0 saturated heterocycles. The minimum atomic E-state index is -0.536. The van der Waals surface area contributed by atoms with Crippen molar-refractivity contribution in [1.82, 2.24) is 9.55 Å². The summed E-state index contributed by atoms with van der Waals surface area (Å²) in [7, 11) is 3.02. The van der Waals surface area contributed by atoms with E-state index in [0.29, 0.717) is 17.2 Å². The zero-order valence-corrected chi connectivity index (χ0v) is 15.0. The summed E-state index contributed by atoms with van der Waals surface area (Å²) in [5.41, 5.74) is 2.03. The Morgan fingerprint density at radius 3 is 2.70 bits per heavy atom. The summed E-state index contributed by atoms with van der Waals surface area (Å²) in [6.45, 7) is -0.442. The van der Waals surface area contributed by atoms with Crippen LogP contribution >= 0.6 is 0 Å². The number of imidazole rings is 1. The topological polar surface area (TPSA) is 91.7 Å². The Bertz CT molecular complexity index is 967. The first kappa shape index (κ1) is 18.2. The maximum Gasteiger partial charge on any atom is 0.326 e. The van der Waals surface area contributed by atoms with Crippen LogP contribution in [0.25, 0.3) is 11.0 Å². The van der Waals surface area contributed by atoms with E-state index >= 15 is 0 Å². The van der Waals surface area contributed by atoms with Gasteiger partial charge in [-0.1, -0.05) is 12.1 Å². The van der Waals surface area contributed by atoms with Gasteiger partial charge in [0.15, 0.2) is 6.61 Å². The third-order valence-corrected chi connectivity index (χ3v) is 3.87. The third-order valence-electron chi connectivity index (χ3n) is 3.87. The van der Waals surface area contributed by atoms with Gasteiger partial charge in [-0.25, -0.2) is 4.98 Å². The van der Waals surface area contributed by atoms with Gasteiger partial charge in [0.05, 0.1) is 37.3 Å². The van der Waals surface area contributed by atoms with E-state index in [1.807, 2.05) is 24.3 Å². The fraction of sp³-hybridized carbons (Fsp3) is 0.211. The second kappa shape index (κ2) is 8.22. The van der Waals surface area contributed by atoms with E-state index in [-0.39, 0.29) is 6.54 Å². The standard InChI is InChI=1S/C19H19N3O5/c1-25-13-7-8-17(26-2)15(9-13)21-18(23)11-27-19(24)10-22-12-20-14-5-3-4-6-16(14)22/h3-9,12H,10-11H2,1-2H3,(H,21,23). The summed E-state index contributed by atoms with van der Waals surface area (Å²) in [5, 5.41) is 2.64. The van der Waals surface area contributed by atoms with Crippen LogP contribution < -0.4 is 14.8 Å². The molecule has 0 aliphatic rings. The summed E-state index contributed by atoms with van der Waals surface area (Å²) in [6.07, 6.45) is 1.56. The number of methoxy groups -OCH3 is 2. The number of fused-ring (bicyclic) bond motifs is 1. The number of anilines is 1. The van der Waals surface area contributed by atoms with Gasteiger partial charge in [-0.05, 0) is 24.3 Å². The lowest BCUT2D eigenvalue weighted by Gasteiger charge is -2.12. The van der Waals surface area contributed by atoms with Gasteiger partial charge in [0.1, 0.15) is 18.0 Å². The number of esters is 1. The summed E-state index contributed by atoms with van der Waals surface area (Å²) < 4.78 is 17.0. The van der Waals surface area contributed by atoms with Crippen molar-refractivity contribution in [1.29, 1.82) is 0 Å². The number of carbonyl (C=O) groups is 2. The molecule has 3 rings (SSSR count). The van der Waals surface area contributed by atoms with Gasteiger partial charge in [0.25, 0.3) is 5.91 Å². The van der Waals surface area contributed by atoms with Crippen LogP contribution in [0.5, 0.6) is 11.5 Å². The number of nitrogens with zero attached hydrogens (tertiary/aromatic N) is 2. The quantitative estimate of drug-likeness (QED) is 0.642. The Hall–Kier alpha value is -3.55. The molecule has 0 unspecified atom stereocenters. The lowest BCUT2D eigenvalue weighted by molar-refractivity contribution is -0.147. The predicted octanol–water partition coefficient (Wildman–Crippen LogP) is 2.24. The molecule has 0 aliphatic carbocycles. The molecule has 1 heterocycles. The Kier molecular flexibility index (Phi) is 5.55. The molecule has 1 aromatic heterocycles. The highest BCUT2D eigenvalue weighted by atomic mass is 16.5. The van der Waals surface area contributed by atoms with Gasteiger partial charge < -0.3 is 24.1 Å². The molecule has 1 amide bonds. The molecule has 0 aliphatic heterocycles. The van der Waals surface area contributed by atoms with Crippen LogP contribution in [0.4, 0.5) is 5.69 Å². The smallest absolute Gasteiger partial charge is 0.326 e. The predicted molar refractivity (Wildman–Crippen MR) is 98.9 cm³/mol. The number of carbonyl (C=O) groups excluding carboxylic acids is 2. The molecule has 0 fully saturated rings. The number of rotatable bonds is 7. The fourth-order valence-corrected chi connectivity index (χ4v) is 2.57. The van der Waals surface area contributed by atoms with Gasteiger partial charge in [-0.15, -0.1) is 0 Å². The normalized spacial score (nSPS) is 10.4. The van der Waals surface area contributed by atoms with Crippen molar-refractivity contribution in [2.45, 2.75) is 6.54 Å². The number of ether oxygens (including phenoxy) is 3. The second-order valence-electron chi connectivity index (χ2n) is 5.64. The largest absolute Gasteiger partial charge is 0.497 e. The average Bonchev–Trinajstić information content (AvgIpc) is 3.09. The van der Waals surface area contributed by atoms with E-state index in [4.69, 9.17) is 14.2 Å². The van der Waals surface area contributed by atoms with Crippen LogP contribution in [0, 0.1) is 0 Å². The number of hydrogen-bond acceptors (Lipinski definition) is 6. The molecule has 0 saturated carbocycles.